The summed E-state index contributed by atoms with van der Waals surface area (Å²) >= 11 is 1.34. The fourth-order valence-electron chi connectivity index (χ4n) is 2.51. The zero-order valence-corrected chi connectivity index (χ0v) is 17.5. The third kappa shape index (κ3) is 6.57. The van der Waals surface area contributed by atoms with Gasteiger partial charge in [0.1, 0.15) is 11.6 Å². The van der Waals surface area contributed by atoms with Crippen molar-refractivity contribution in [1.82, 2.24) is 14.7 Å². The van der Waals surface area contributed by atoms with E-state index in [1.165, 1.54) is 23.7 Å². The standard InChI is InChI=1S/C20H29FN4OS/c1-13(2)15(5)22-19(26)10-11-25(14(3)4)20-23-18(24-27-20)12-16-6-8-17(21)9-7-16/h6-9,13-15H,10-12H2,1-5H3,(H,22,26). The molecule has 0 aliphatic heterocycles. The van der Waals surface area contributed by atoms with Crippen molar-refractivity contribution in [3.05, 3.63) is 41.5 Å². The van der Waals surface area contributed by atoms with Crippen molar-refractivity contribution in [3.8, 4) is 0 Å². The minimum atomic E-state index is -0.248. The number of nitrogens with one attached hydrogen (secondary N) is 1. The van der Waals surface area contributed by atoms with Gasteiger partial charge in [-0.05, 0) is 44.4 Å². The van der Waals surface area contributed by atoms with E-state index in [2.05, 4.69) is 47.3 Å². The molecule has 1 aromatic heterocycles. The fraction of sp³-hybridized carbons (Fsp3) is 0.550. The second-order valence-electron chi connectivity index (χ2n) is 7.43. The minimum absolute atomic E-state index is 0.0536. The Bertz CT molecular complexity index is 730. The summed E-state index contributed by atoms with van der Waals surface area (Å²) in [5.74, 6) is 0.928. The molecule has 1 N–H and O–H groups in total. The summed E-state index contributed by atoms with van der Waals surface area (Å²) in [4.78, 5) is 18.9. The number of hydrogen-bond acceptors (Lipinski definition) is 5. The molecule has 2 aromatic rings. The fourth-order valence-corrected chi connectivity index (χ4v) is 3.35. The van der Waals surface area contributed by atoms with E-state index in [4.69, 9.17) is 0 Å². The van der Waals surface area contributed by atoms with Crippen molar-refractivity contribution in [3.63, 3.8) is 0 Å². The van der Waals surface area contributed by atoms with Crippen LogP contribution in [0.4, 0.5) is 9.52 Å². The molecule has 27 heavy (non-hydrogen) atoms. The lowest BCUT2D eigenvalue weighted by atomic mass is 10.1. The molecule has 0 saturated heterocycles. The topological polar surface area (TPSA) is 58.1 Å². The molecule has 0 fully saturated rings. The Morgan fingerprint density at radius 2 is 1.85 bits per heavy atom. The molecule has 1 aromatic carbocycles. The first-order valence-electron chi connectivity index (χ1n) is 9.39. The lowest BCUT2D eigenvalue weighted by Gasteiger charge is -2.26. The summed E-state index contributed by atoms with van der Waals surface area (Å²) in [6.07, 6.45) is 0.983. The third-order valence-electron chi connectivity index (χ3n) is 4.57. The van der Waals surface area contributed by atoms with E-state index in [-0.39, 0.29) is 23.8 Å². The van der Waals surface area contributed by atoms with Gasteiger partial charge in [-0.15, -0.1) is 0 Å². The molecule has 1 atom stereocenters. The van der Waals surface area contributed by atoms with E-state index in [0.29, 0.717) is 31.1 Å². The van der Waals surface area contributed by atoms with Crippen LogP contribution in [-0.2, 0) is 11.2 Å². The summed E-state index contributed by atoms with van der Waals surface area (Å²) in [6, 6.07) is 6.76. The Kier molecular flexibility index (Phi) is 7.71. The number of hydrogen-bond donors (Lipinski definition) is 1. The molecule has 0 spiro atoms. The zero-order chi connectivity index (χ0) is 20.0. The number of rotatable bonds is 9. The second kappa shape index (κ2) is 9.78. The number of nitrogens with zero attached hydrogens (tertiary/aromatic N) is 3. The largest absolute Gasteiger partial charge is 0.353 e. The number of carbonyl (C=O) groups excluding carboxylic acids is 1. The Balaban J connectivity index is 1.97. The zero-order valence-electron chi connectivity index (χ0n) is 16.7. The Morgan fingerprint density at radius 3 is 2.44 bits per heavy atom. The number of halogens is 1. The first-order chi connectivity index (χ1) is 12.8. The number of benzene rings is 1. The van der Waals surface area contributed by atoms with Gasteiger partial charge < -0.3 is 10.2 Å². The summed E-state index contributed by atoms with van der Waals surface area (Å²) in [6.45, 7) is 11.0. The molecule has 5 nitrogen and oxygen atoms in total. The number of aromatic nitrogens is 2. The highest BCUT2D eigenvalue weighted by molar-refractivity contribution is 7.09. The molecule has 1 unspecified atom stereocenters. The number of amides is 1. The quantitative estimate of drug-likeness (QED) is 0.700. The van der Waals surface area contributed by atoms with Crippen LogP contribution in [0, 0.1) is 11.7 Å². The molecule has 148 valence electrons. The van der Waals surface area contributed by atoms with Crippen LogP contribution in [0.2, 0.25) is 0 Å². The SMILES string of the molecule is CC(C)C(C)NC(=O)CCN(c1nc(Cc2ccc(F)cc2)ns1)C(C)C. The maximum Gasteiger partial charge on any atom is 0.221 e. The summed E-state index contributed by atoms with van der Waals surface area (Å²) in [7, 11) is 0. The predicted molar refractivity (Wildman–Crippen MR) is 109 cm³/mol. The summed E-state index contributed by atoms with van der Waals surface area (Å²) in [5, 5.41) is 3.85. The number of carbonyl (C=O) groups is 1. The highest BCUT2D eigenvalue weighted by atomic mass is 32.1. The molecule has 7 heteroatoms. The smallest absolute Gasteiger partial charge is 0.221 e. The van der Waals surface area contributed by atoms with Crippen molar-refractivity contribution in [1.29, 1.82) is 0 Å². The second-order valence-corrected chi connectivity index (χ2v) is 8.16. The van der Waals surface area contributed by atoms with Gasteiger partial charge in [-0.2, -0.15) is 4.37 Å². The van der Waals surface area contributed by atoms with Crippen molar-refractivity contribution >= 4 is 22.6 Å². The van der Waals surface area contributed by atoms with Gasteiger partial charge in [0.05, 0.1) is 0 Å². The Hall–Kier alpha value is -2.02. The molecular formula is C20H29FN4OS. The average molecular weight is 393 g/mol. The van der Waals surface area contributed by atoms with Gasteiger partial charge in [-0.25, -0.2) is 9.37 Å². The molecule has 0 bridgehead atoms. The molecule has 0 aliphatic carbocycles. The maximum absolute atomic E-state index is 13.0. The highest BCUT2D eigenvalue weighted by Gasteiger charge is 2.18. The minimum Gasteiger partial charge on any atom is -0.353 e. The lowest BCUT2D eigenvalue weighted by Crippen LogP contribution is -2.39. The normalized spacial score (nSPS) is 12.4. The molecule has 1 amide bonds. The van der Waals surface area contributed by atoms with E-state index in [9.17, 15) is 9.18 Å². The number of anilines is 1. The van der Waals surface area contributed by atoms with Crippen LogP contribution >= 0.6 is 11.5 Å². The van der Waals surface area contributed by atoms with E-state index in [1.54, 1.807) is 12.1 Å². The molecule has 0 aliphatic rings. The summed E-state index contributed by atoms with van der Waals surface area (Å²) in [5.41, 5.74) is 0.971. The predicted octanol–water partition coefficient (Wildman–Crippen LogP) is 4.03. The van der Waals surface area contributed by atoms with Gasteiger partial charge in [0, 0.05) is 43.0 Å². The molecule has 2 rings (SSSR count). The third-order valence-corrected chi connectivity index (χ3v) is 5.36. The average Bonchev–Trinajstić information content (AvgIpc) is 3.04. The lowest BCUT2D eigenvalue weighted by molar-refractivity contribution is -0.121. The first kappa shape index (κ1) is 21.3. The Morgan fingerprint density at radius 1 is 1.19 bits per heavy atom. The van der Waals surface area contributed by atoms with E-state index in [0.717, 1.165) is 10.7 Å². The van der Waals surface area contributed by atoms with E-state index < -0.39 is 0 Å². The van der Waals surface area contributed by atoms with Crippen LogP contribution in [0.3, 0.4) is 0 Å². The van der Waals surface area contributed by atoms with Crippen molar-refractivity contribution < 1.29 is 9.18 Å². The van der Waals surface area contributed by atoms with Gasteiger partial charge in [0.2, 0.25) is 11.0 Å². The van der Waals surface area contributed by atoms with Crippen molar-refractivity contribution in [2.24, 2.45) is 5.92 Å². The van der Waals surface area contributed by atoms with E-state index >= 15 is 0 Å². The van der Waals surface area contributed by atoms with Crippen LogP contribution < -0.4 is 10.2 Å². The van der Waals surface area contributed by atoms with Crippen LogP contribution in [0.5, 0.6) is 0 Å². The van der Waals surface area contributed by atoms with Gasteiger partial charge in [0.25, 0.3) is 0 Å². The van der Waals surface area contributed by atoms with Crippen molar-refractivity contribution in [2.45, 2.75) is 59.5 Å². The molecule has 1 heterocycles. The molecular weight excluding hydrogens is 363 g/mol. The molecule has 0 radical (unpaired) electrons. The van der Waals surface area contributed by atoms with Crippen LogP contribution in [0.25, 0.3) is 0 Å². The van der Waals surface area contributed by atoms with Crippen LogP contribution in [-0.4, -0.2) is 33.9 Å². The van der Waals surface area contributed by atoms with Gasteiger partial charge >= 0.3 is 0 Å². The highest BCUT2D eigenvalue weighted by Crippen LogP contribution is 2.21. The van der Waals surface area contributed by atoms with E-state index in [1.807, 2.05) is 6.92 Å². The molecule has 0 saturated carbocycles. The Labute approximate surface area is 165 Å². The first-order valence-corrected chi connectivity index (χ1v) is 10.2. The van der Waals surface area contributed by atoms with Crippen LogP contribution in [0.15, 0.2) is 24.3 Å². The van der Waals surface area contributed by atoms with Gasteiger partial charge in [-0.3, -0.25) is 4.79 Å². The van der Waals surface area contributed by atoms with Gasteiger partial charge in [0.15, 0.2) is 0 Å². The van der Waals surface area contributed by atoms with Crippen molar-refractivity contribution in [2.75, 3.05) is 11.4 Å². The summed E-state index contributed by atoms with van der Waals surface area (Å²) < 4.78 is 17.5. The van der Waals surface area contributed by atoms with Gasteiger partial charge in [-0.1, -0.05) is 26.0 Å². The maximum atomic E-state index is 13.0. The van der Waals surface area contributed by atoms with Crippen LogP contribution in [0.1, 0.15) is 52.4 Å². The monoisotopic (exact) mass is 392 g/mol.